The Morgan fingerprint density at radius 2 is 2.00 bits per heavy atom. The number of hydrogen-bond acceptors (Lipinski definition) is 2. The predicted molar refractivity (Wildman–Crippen MR) is 75.3 cm³/mol. The summed E-state index contributed by atoms with van der Waals surface area (Å²) in [4.78, 5) is 25.1. The standard InChI is InChI=1S/C15H20N2O2/c1-4-10-16-15(19)12(2)17(13(3)18)11-14-8-6-5-7-9-14/h4-9,12H,1,10-11H2,2-3H3,(H,16,19). The van der Waals surface area contributed by atoms with Crippen molar-refractivity contribution in [2.24, 2.45) is 0 Å². The highest BCUT2D eigenvalue weighted by Crippen LogP contribution is 2.09. The summed E-state index contributed by atoms with van der Waals surface area (Å²) in [6, 6.07) is 9.11. The van der Waals surface area contributed by atoms with Crippen LogP contribution in [0.3, 0.4) is 0 Å². The maximum absolute atomic E-state index is 11.9. The molecule has 19 heavy (non-hydrogen) atoms. The SMILES string of the molecule is C=CCNC(=O)C(C)N(Cc1ccccc1)C(C)=O. The molecule has 0 aliphatic heterocycles. The van der Waals surface area contributed by atoms with Gasteiger partial charge < -0.3 is 10.2 Å². The van der Waals surface area contributed by atoms with E-state index in [2.05, 4.69) is 11.9 Å². The molecule has 0 heterocycles. The molecule has 0 saturated carbocycles. The number of benzene rings is 1. The van der Waals surface area contributed by atoms with Crippen molar-refractivity contribution in [3.63, 3.8) is 0 Å². The van der Waals surface area contributed by atoms with Crippen LogP contribution in [0, 0.1) is 0 Å². The lowest BCUT2D eigenvalue weighted by Crippen LogP contribution is -2.46. The normalized spacial score (nSPS) is 11.5. The Hall–Kier alpha value is -2.10. The van der Waals surface area contributed by atoms with E-state index < -0.39 is 6.04 Å². The summed E-state index contributed by atoms with van der Waals surface area (Å²) >= 11 is 0. The number of amides is 2. The third-order valence-corrected chi connectivity index (χ3v) is 2.87. The maximum Gasteiger partial charge on any atom is 0.242 e. The lowest BCUT2D eigenvalue weighted by molar-refractivity contribution is -0.138. The summed E-state index contributed by atoms with van der Waals surface area (Å²) in [5, 5.41) is 2.70. The van der Waals surface area contributed by atoms with Crippen LogP contribution < -0.4 is 5.32 Å². The van der Waals surface area contributed by atoms with Crippen molar-refractivity contribution in [2.45, 2.75) is 26.4 Å². The number of carbonyl (C=O) groups is 2. The molecule has 1 atom stereocenters. The molecular weight excluding hydrogens is 240 g/mol. The molecule has 1 rings (SSSR count). The zero-order chi connectivity index (χ0) is 14.3. The lowest BCUT2D eigenvalue weighted by atomic mass is 10.1. The van der Waals surface area contributed by atoms with Crippen LogP contribution in [0.25, 0.3) is 0 Å². The molecule has 1 N–H and O–H groups in total. The van der Waals surface area contributed by atoms with Crippen LogP contribution in [-0.2, 0) is 16.1 Å². The predicted octanol–water partition coefficient (Wildman–Crippen LogP) is 1.73. The van der Waals surface area contributed by atoms with Crippen LogP contribution in [0.5, 0.6) is 0 Å². The summed E-state index contributed by atoms with van der Waals surface area (Å²) in [7, 11) is 0. The Labute approximate surface area is 114 Å². The van der Waals surface area contributed by atoms with E-state index >= 15 is 0 Å². The van der Waals surface area contributed by atoms with Gasteiger partial charge in [-0.2, -0.15) is 0 Å². The smallest absolute Gasteiger partial charge is 0.242 e. The van der Waals surface area contributed by atoms with E-state index in [4.69, 9.17) is 0 Å². The quantitative estimate of drug-likeness (QED) is 0.792. The molecule has 4 nitrogen and oxygen atoms in total. The molecular formula is C15H20N2O2. The van der Waals surface area contributed by atoms with Gasteiger partial charge in [0.15, 0.2) is 0 Å². The zero-order valence-electron chi connectivity index (χ0n) is 11.4. The first kappa shape index (κ1) is 15.0. The van der Waals surface area contributed by atoms with Crippen molar-refractivity contribution in [2.75, 3.05) is 6.54 Å². The van der Waals surface area contributed by atoms with Crippen LogP contribution in [0.15, 0.2) is 43.0 Å². The molecule has 0 bridgehead atoms. The highest BCUT2D eigenvalue weighted by Gasteiger charge is 2.23. The van der Waals surface area contributed by atoms with E-state index in [-0.39, 0.29) is 11.8 Å². The lowest BCUT2D eigenvalue weighted by Gasteiger charge is -2.27. The van der Waals surface area contributed by atoms with Crippen LogP contribution in [0.1, 0.15) is 19.4 Å². The van der Waals surface area contributed by atoms with Crippen LogP contribution in [0.2, 0.25) is 0 Å². The molecule has 1 aromatic rings. The molecule has 0 spiro atoms. The van der Waals surface area contributed by atoms with Gasteiger partial charge in [-0.05, 0) is 12.5 Å². The second kappa shape index (κ2) is 7.36. The van der Waals surface area contributed by atoms with E-state index in [1.165, 1.54) is 6.92 Å². The van der Waals surface area contributed by atoms with Crippen molar-refractivity contribution < 1.29 is 9.59 Å². The Kier molecular flexibility index (Phi) is 5.79. The van der Waals surface area contributed by atoms with E-state index in [9.17, 15) is 9.59 Å². The van der Waals surface area contributed by atoms with Gasteiger partial charge in [0.2, 0.25) is 11.8 Å². The number of carbonyl (C=O) groups excluding carboxylic acids is 2. The number of nitrogens with one attached hydrogen (secondary N) is 1. The van der Waals surface area contributed by atoms with E-state index in [0.717, 1.165) is 5.56 Å². The minimum Gasteiger partial charge on any atom is -0.351 e. The molecule has 102 valence electrons. The third kappa shape index (κ3) is 4.58. The Balaban J connectivity index is 2.74. The van der Waals surface area contributed by atoms with E-state index in [0.29, 0.717) is 13.1 Å². The second-order valence-electron chi connectivity index (χ2n) is 4.34. The number of hydrogen-bond donors (Lipinski definition) is 1. The maximum atomic E-state index is 11.9. The highest BCUT2D eigenvalue weighted by molar-refractivity contribution is 5.86. The fourth-order valence-electron chi connectivity index (χ4n) is 1.76. The van der Waals surface area contributed by atoms with Gasteiger partial charge >= 0.3 is 0 Å². The van der Waals surface area contributed by atoms with Gasteiger partial charge in [-0.1, -0.05) is 36.4 Å². The minimum absolute atomic E-state index is 0.120. The van der Waals surface area contributed by atoms with Crippen LogP contribution >= 0.6 is 0 Å². The summed E-state index contributed by atoms with van der Waals surface area (Å²) in [6.07, 6.45) is 1.61. The topological polar surface area (TPSA) is 49.4 Å². The molecule has 2 amide bonds. The highest BCUT2D eigenvalue weighted by atomic mass is 16.2. The summed E-state index contributed by atoms with van der Waals surface area (Å²) in [6.45, 7) is 7.57. The van der Waals surface area contributed by atoms with Crippen molar-refractivity contribution in [1.29, 1.82) is 0 Å². The van der Waals surface area contributed by atoms with Crippen molar-refractivity contribution in [3.8, 4) is 0 Å². The first-order valence-corrected chi connectivity index (χ1v) is 6.26. The van der Waals surface area contributed by atoms with Gasteiger partial charge in [-0.15, -0.1) is 6.58 Å². The summed E-state index contributed by atoms with van der Waals surface area (Å²) < 4.78 is 0. The summed E-state index contributed by atoms with van der Waals surface area (Å²) in [5.74, 6) is -0.295. The average molecular weight is 260 g/mol. The van der Waals surface area contributed by atoms with Crippen molar-refractivity contribution >= 4 is 11.8 Å². The molecule has 0 saturated heterocycles. The third-order valence-electron chi connectivity index (χ3n) is 2.87. The molecule has 1 unspecified atom stereocenters. The first-order chi connectivity index (χ1) is 9.06. The molecule has 0 fully saturated rings. The van der Waals surface area contributed by atoms with Gasteiger partial charge in [0, 0.05) is 20.0 Å². The minimum atomic E-state index is -0.502. The fourth-order valence-corrected chi connectivity index (χ4v) is 1.76. The van der Waals surface area contributed by atoms with Gasteiger partial charge in [0.1, 0.15) is 6.04 Å². The molecule has 4 heteroatoms. The Morgan fingerprint density at radius 1 is 1.37 bits per heavy atom. The summed E-state index contributed by atoms with van der Waals surface area (Å²) in [5.41, 5.74) is 1.00. The van der Waals surface area contributed by atoms with Gasteiger partial charge in [-0.3, -0.25) is 9.59 Å². The molecule has 0 aliphatic carbocycles. The van der Waals surface area contributed by atoms with E-state index in [1.54, 1.807) is 17.9 Å². The van der Waals surface area contributed by atoms with Crippen LogP contribution in [-0.4, -0.2) is 29.3 Å². The first-order valence-electron chi connectivity index (χ1n) is 6.26. The van der Waals surface area contributed by atoms with Gasteiger partial charge in [0.25, 0.3) is 0 Å². The van der Waals surface area contributed by atoms with Crippen molar-refractivity contribution in [3.05, 3.63) is 48.6 Å². The van der Waals surface area contributed by atoms with Crippen LogP contribution in [0.4, 0.5) is 0 Å². The van der Waals surface area contributed by atoms with E-state index in [1.807, 2.05) is 30.3 Å². The molecule has 0 aliphatic rings. The van der Waals surface area contributed by atoms with Crippen molar-refractivity contribution in [1.82, 2.24) is 10.2 Å². The van der Waals surface area contributed by atoms with Gasteiger partial charge in [0.05, 0.1) is 0 Å². The molecule has 1 aromatic carbocycles. The fraction of sp³-hybridized carbons (Fsp3) is 0.333. The molecule has 0 radical (unpaired) electrons. The Morgan fingerprint density at radius 3 is 2.53 bits per heavy atom. The number of rotatable bonds is 6. The zero-order valence-corrected chi connectivity index (χ0v) is 11.4. The monoisotopic (exact) mass is 260 g/mol. The average Bonchev–Trinajstić information content (AvgIpc) is 2.42. The molecule has 0 aromatic heterocycles. The second-order valence-corrected chi connectivity index (χ2v) is 4.34. The van der Waals surface area contributed by atoms with Gasteiger partial charge in [-0.25, -0.2) is 0 Å². The largest absolute Gasteiger partial charge is 0.351 e. The Bertz CT molecular complexity index is 443. The number of nitrogens with zero attached hydrogens (tertiary/aromatic N) is 1.